The van der Waals surface area contributed by atoms with Crippen molar-refractivity contribution >= 4 is 15.9 Å². The molecule has 1 heterocycles. The standard InChI is InChI=1S/C15H15BrFNO/c1-9-3-10(2)15(18-8-9)14(19)6-11-4-12(16)7-13(17)5-11/h3-5,7-8,14,19H,6H2,1-2H3. The minimum Gasteiger partial charge on any atom is -0.386 e. The van der Waals surface area contributed by atoms with Crippen molar-refractivity contribution in [1.82, 2.24) is 4.98 Å². The van der Waals surface area contributed by atoms with Gasteiger partial charge in [0.05, 0.1) is 5.69 Å². The predicted octanol–water partition coefficient (Wildman–Crippen LogP) is 3.88. The Labute approximate surface area is 120 Å². The van der Waals surface area contributed by atoms with Crippen molar-refractivity contribution < 1.29 is 9.50 Å². The third kappa shape index (κ3) is 3.61. The smallest absolute Gasteiger partial charge is 0.124 e. The number of aliphatic hydroxyl groups excluding tert-OH is 1. The molecule has 4 heteroatoms. The monoisotopic (exact) mass is 323 g/mol. The van der Waals surface area contributed by atoms with E-state index in [4.69, 9.17) is 0 Å². The molecule has 2 aromatic rings. The number of halogens is 2. The lowest BCUT2D eigenvalue weighted by atomic mass is 10.0. The Bertz CT molecular complexity index is 580. The van der Waals surface area contributed by atoms with Gasteiger partial charge in [0.1, 0.15) is 11.9 Å². The first-order valence-electron chi connectivity index (χ1n) is 6.02. The first-order valence-corrected chi connectivity index (χ1v) is 6.81. The first-order chi connectivity index (χ1) is 8.95. The molecule has 0 bridgehead atoms. The molecule has 0 amide bonds. The van der Waals surface area contributed by atoms with E-state index in [0.29, 0.717) is 16.6 Å². The van der Waals surface area contributed by atoms with Crippen molar-refractivity contribution in [2.75, 3.05) is 0 Å². The van der Waals surface area contributed by atoms with Crippen molar-refractivity contribution in [2.24, 2.45) is 0 Å². The zero-order chi connectivity index (χ0) is 14.0. The number of aliphatic hydroxyl groups is 1. The van der Waals surface area contributed by atoms with Crippen LogP contribution in [0.15, 0.2) is 34.9 Å². The highest BCUT2D eigenvalue weighted by atomic mass is 79.9. The molecule has 1 unspecified atom stereocenters. The van der Waals surface area contributed by atoms with Crippen molar-refractivity contribution in [2.45, 2.75) is 26.4 Å². The maximum absolute atomic E-state index is 13.3. The number of hydrogen-bond acceptors (Lipinski definition) is 2. The van der Waals surface area contributed by atoms with Crippen molar-refractivity contribution in [3.63, 3.8) is 0 Å². The fourth-order valence-electron chi connectivity index (χ4n) is 2.12. The Morgan fingerprint density at radius 2 is 2.00 bits per heavy atom. The minimum atomic E-state index is -0.728. The molecule has 0 saturated carbocycles. The molecule has 19 heavy (non-hydrogen) atoms. The summed E-state index contributed by atoms with van der Waals surface area (Å²) < 4.78 is 14.0. The van der Waals surface area contributed by atoms with Crippen LogP contribution in [-0.4, -0.2) is 10.1 Å². The zero-order valence-electron chi connectivity index (χ0n) is 10.8. The summed E-state index contributed by atoms with van der Waals surface area (Å²) in [5.41, 5.74) is 3.39. The maximum Gasteiger partial charge on any atom is 0.124 e. The fraction of sp³-hybridized carbons (Fsp3) is 0.267. The van der Waals surface area contributed by atoms with Crippen LogP contribution in [0.1, 0.15) is 28.5 Å². The van der Waals surface area contributed by atoms with E-state index in [1.807, 2.05) is 19.9 Å². The highest BCUT2D eigenvalue weighted by Gasteiger charge is 2.13. The quantitative estimate of drug-likeness (QED) is 0.929. The van der Waals surface area contributed by atoms with Crippen LogP contribution in [-0.2, 0) is 6.42 Å². The zero-order valence-corrected chi connectivity index (χ0v) is 12.4. The second-order valence-corrected chi connectivity index (χ2v) is 5.63. The Kier molecular flexibility index (Phi) is 4.32. The van der Waals surface area contributed by atoms with Gasteiger partial charge in [0.2, 0.25) is 0 Å². The molecule has 1 N–H and O–H groups in total. The summed E-state index contributed by atoms with van der Waals surface area (Å²) in [5, 5.41) is 10.2. The van der Waals surface area contributed by atoms with Crippen molar-refractivity contribution in [3.05, 3.63) is 63.1 Å². The van der Waals surface area contributed by atoms with Gasteiger partial charge in [0.15, 0.2) is 0 Å². The predicted molar refractivity (Wildman–Crippen MR) is 76.5 cm³/mol. The lowest BCUT2D eigenvalue weighted by molar-refractivity contribution is 0.172. The van der Waals surface area contributed by atoms with Crippen LogP contribution in [0.2, 0.25) is 0 Å². The number of benzene rings is 1. The van der Waals surface area contributed by atoms with E-state index in [-0.39, 0.29) is 5.82 Å². The molecular weight excluding hydrogens is 309 g/mol. The lowest BCUT2D eigenvalue weighted by Gasteiger charge is -2.13. The van der Waals surface area contributed by atoms with E-state index in [0.717, 1.165) is 16.7 Å². The van der Waals surface area contributed by atoms with E-state index in [1.165, 1.54) is 12.1 Å². The van der Waals surface area contributed by atoms with Gasteiger partial charge in [-0.3, -0.25) is 4.98 Å². The van der Waals surface area contributed by atoms with Crippen LogP contribution in [0, 0.1) is 19.7 Å². The number of aromatic nitrogens is 1. The molecule has 1 atom stereocenters. The molecular formula is C15H15BrFNO. The molecule has 0 aliphatic carbocycles. The Balaban J connectivity index is 2.22. The normalized spacial score (nSPS) is 12.5. The van der Waals surface area contributed by atoms with E-state index in [1.54, 1.807) is 12.3 Å². The second-order valence-electron chi connectivity index (χ2n) is 4.71. The second kappa shape index (κ2) is 5.80. The van der Waals surface area contributed by atoms with E-state index in [9.17, 15) is 9.50 Å². The van der Waals surface area contributed by atoms with Gasteiger partial charge < -0.3 is 5.11 Å². The number of nitrogens with zero attached hydrogens (tertiary/aromatic N) is 1. The third-order valence-corrected chi connectivity index (χ3v) is 3.38. The van der Waals surface area contributed by atoms with Crippen LogP contribution >= 0.6 is 15.9 Å². The molecule has 0 aliphatic rings. The van der Waals surface area contributed by atoms with Gasteiger partial charge >= 0.3 is 0 Å². The largest absolute Gasteiger partial charge is 0.386 e. The van der Waals surface area contributed by atoms with Gasteiger partial charge in [-0.2, -0.15) is 0 Å². The van der Waals surface area contributed by atoms with Gasteiger partial charge in [-0.15, -0.1) is 0 Å². The average Bonchev–Trinajstić information content (AvgIpc) is 2.26. The number of aryl methyl sites for hydroxylation is 2. The van der Waals surface area contributed by atoms with Crippen molar-refractivity contribution in [1.29, 1.82) is 0 Å². The molecule has 0 aliphatic heterocycles. The highest BCUT2D eigenvalue weighted by Crippen LogP contribution is 2.23. The van der Waals surface area contributed by atoms with Gasteiger partial charge in [0, 0.05) is 17.1 Å². The maximum atomic E-state index is 13.3. The summed E-state index contributed by atoms with van der Waals surface area (Å²) in [7, 11) is 0. The SMILES string of the molecule is Cc1cnc(C(O)Cc2cc(F)cc(Br)c2)c(C)c1. The minimum absolute atomic E-state index is 0.315. The van der Waals surface area contributed by atoms with Gasteiger partial charge in [-0.25, -0.2) is 4.39 Å². The van der Waals surface area contributed by atoms with Gasteiger partial charge in [0.25, 0.3) is 0 Å². The lowest BCUT2D eigenvalue weighted by Crippen LogP contribution is -2.07. The van der Waals surface area contributed by atoms with Crippen molar-refractivity contribution in [3.8, 4) is 0 Å². The molecule has 2 rings (SSSR count). The molecule has 0 radical (unpaired) electrons. The summed E-state index contributed by atoms with van der Waals surface area (Å²) in [6.45, 7) is 3.87. The highest BCUT2D eigenvalue weighted by molar-refractivity contribution is 9.10. The molecule has 0 fully saturated rings. The Morgan fingerprint density at radius 1 is 1.26 bits per heavy atom. The Hall–Kier alpha value is -1.26. The summed E-state index contributed by atoms with van der Waals surface area (Å²) in [6.07, 6.45) is 1.34. The number of hydrogen-bond donors (Lipinski definition) is 1. The van der Waals surface area contributed by atoms with Crippen LogP contribution in [0.25, 0.3) is 0 Å². The fourth-order valence-corrected chi connectivity index (χ4v) is 2.64. The molecule has 100 valence electrons. The molecule has 0 spiro atoms. The first kappa shape index (κ1) is 14.2. The number of pyridine rings is 1. The topological polar surface area (TPSA) is 33.1 Å². The molecule has 1 aromatic carbocycles. The summed E-state index contributed by atoms with van der Waals surface area (Å²) in [6, 6.07) is 6.60. The van der Waals surface area contributed by atoms with Gasteiger partial charge in [-0.1, -0.05) is 22.0 Å². The summed E-state index contributed by atoms with van der Waals surface area (Å²) in [5.74, 6) is -0.315. The number of rotatable bonds is 3. The summed E-state index contributed by atoms with van der Waals surface area (Å²) >= 11 is 3.25. The molecule has 1 aromatic heterocycles. The molecule has 0 saturated heterocycles. The molecule has 2 nitrogen and oxygen atoms in total. The van der Waals surface area contributed by atoms with E-state index < -0.39 is 6.10 Å². The van der Waals surface area contributed by atoms with Crippen LogP contribution in [0.3, 0.4) is 0 Å². The van der Waals surface area contributed by atoms with E-state index in [2.05, 4.69) is 20.9 Å². The Morgan fingerprint density at radius 3 is 2.63 bits per heavy atom. The van der Waals surface area contributed by atoms with Gasteiger partial charge in [-0.05, 0) is 48.7 Å². The third-order valence-electron chi connectivity index (χ3n) is 2.92. The van der Waals surface area contributed by atoms with E-state index >= 15 is 0 Å². The van der Waals surface area contributed by atoms with Crippen LogP contribution < -0.4 is 0 Å². The van der Waals surface area contributed by atoms with Crippen LogP contribution in [0.5, 0.6) is 0 Å². The summed E-state index contributed by atoms with van der Waals surface area (Å²) in [4.78, 5) is 4.26. The van der Waals surface area contributed by atoms with Crippen LogP contribution in [0.4, 0.5) is 4.39 Å². The average molecular weight is 324 g/mol.